The molecular formula is C9H8BrIN2. The Balaban J connectivity index is 3.13. The summed E-state index contributed by atoms with van der Waals surface area (Å²) in [7, 11) is 0. The van der Waals surface area contributed by atoms with Gasteiger partial charge < -0.3 is 0 Å². The largest absolute Gasteiger partial charge is 0.270 e. The van der Waals surface area contributed by atoms with Crippen molar-refractivity contribution < 1.29 is 0 Å². The predicted molar refractivity (Wildman–Crippen MR) is 65.8 cm³/mol. The van der Waals surface area contributed by atoms with Crippen molar-refractivity contribution in [1.29, 1.82) is 0 Å². The van der Waals surface area contributed by atoms with E-state index in [1.807, 2.05) is 18.2 Å². The molecule has 1 aromatic carbocycles. The molecule has 0 saturated heterocycles. The summed E-state index contributed by atoms with van der Waals surface area (Å²) >= 11 is 5.65. The Hall–Kier alpha value is -0.0900. The number of nitrogens with two attached hydrogens (primary N) is 1. The summed E-state index contributed by atoms with van der Waals surface area (Å²) in [5, 5.41) is 0. The van der Waals surface area contributed by atoms with Crippen molar-refractivity contribution in [2.24, 2.45) is 5.84 Å². The topological polar surface area (TPSA) is 38.0 Å². The third-order valence-electron chi connectivity index (χ3n) is 1.60. The van der Waals surface area contributed by atoms with Crippen LogP contribution in [0.5, 0.6) is 0 Å². The highest BCUT2D eigenvalue weighted by Gasteiger charge is 2.09. The van der Waals surface area contributed by atoms with Crippen molar-refractivity contribution in [3.8, 4) is 12.3 Å². The van der Waals surface area contributed by atoms with Crippen molar-refractivity contribution >= 4 is 38.5 Å². The van der Waals surface area contributed by atoms with E-state index in [1.165, 1.54) is 0 Å². The molecule has 1 unspecified atom stereocenters. The molecule has 2 nitrogen and oxygen atoms in total. The van der Waals surface area contributed by atoms with Crippen LogP contribution < -0.4 is 11.3 Å². The lowest BCUT2D eigenvalue weighted by molar-refractivity contribution is 0.671. The van der Waals surface area contributed by atoms with Crippen LogP contribution >= 0.6 is 38.5 Å². The zero-order chi connectivity index (χ0) is 9.84. The molecule has 0 saturated carbocycles. The normalized spacial score (nSPS) is 12.2. The van der Waals surface area contributed by atoms with Crippen molar-refractivity contribution in [2.45, 2.75) is 6.04 Å². The van der Waals surface area contributed by atoms with Gasteiger partial charge >= 0.3 is 0 Å². The van der Waals surface area contributed by atoms with Gasteiger partial charge in [0.15, 0.2) is 0 Å². The van der Waals surface area contributed by atoms with Crippen molar-refractivity contribution in [3.05, 3.63) is 31.8 Å². The molecule has 68 valence electrons. The number of halogens is 2. The van der Waals surface area contributed by atoms with Crippen LogP contribution in [0.15, 0.2) is 22.7 Å². The molecular weight excluding hydrogens is 343 g/mol. The Morgan fingerprint density at radius 2 is 2.31 bits per heavy atom. The van der Waals surface area contributed by atoms with E-state index < -0.39 is 0 Å². The zero-order valence-corrected chi connectivity index (χ0v) is 10.5. The van der Waals surface area contributed by atoms with E-state index in [0.717, 1.165) is 13.6 Å². The third kappa shape index (κ3) is 2.68. The fourth-order valence-electron chi connectivity index (χ4n) is 0.964. The SMILES string of the molecule is C#CC(NN)c1cc(I)ccc1Br. The number of nitrogens with one attached hydrogen (secondary N) is 1. The molecule has 0 heterocycles. The van der Waals surface area contributed by atoms with Crippen LogP contribution in [0.3, 0.4) is 0 Å². The Bertz CT molecular complexity index is 346. The maximum absolute atomic E-state index is 5.32. The number of hydrazine groups is 1. The van der Waals surface area contributed by atoms with Gasteiger partial charge in [-0.3, -0.25) is 5.84 Å². The van der Waals surface area contributed by atoms with E-state index >= 15 is 0 Å². The molecule has 0 amide bonds. The van der Waals surface area contributed by atoms with E-state index in [0.29, 0.717) is 0 Å². The third-order valence-corrected chi connectivity index (χ3v) is 3.00. The van der Waals surface area contributed by atoms with E-state index in [2.05, 4.69) is 49.9 Å². The van der Waals surface area contributed by atoms with E-state index in [1.54, 1.807) is 0 Å². The first-order valence-electron chi connectivity index (χ1n) is 3.56. The summed E-state index contributed by atoms with van der Waals surface area (Å²) in [6, 6.07) is 5.70. The van der Waals surface area contributed by atoms with Crippen molar-refractivity contribution in [1.82, 2.24) is 5.43 Å². The number of terminal acetylenes is 1. The molecule has 0 aromatic heterocycles. The quantitative estimate of drug-likeness (QED) is 0.371. The monoisotopic (exact) mass is 350 g/mol. The van der Waals surface area contributed by atoms with E-state index in [-0.39, 0.29) is 6.04 Å². The van der Waals surface area contributed by atoms with Gasteiger partial charge in [-0.1, -0.05) is 21.9 Å². The van der Waals surface area contributed by atoms with Gasteiger partial charge in [0.1, 0.15) is 6.04 Å². The average Bonchev–Trinajstić information content (AvgIpc) is 2.13. The number of hydrogen-bond donors (Lipinski definition) is 2. The molecule has 0 fully saturated rings. The Morgan fingerprint density at radius 3 is 2.85 bits per heavy atom. The van der Waals surface area contributed by atoms with Crippen LogP contribution in [0.2, 0.25) is 0 Å². The smallest absolute Gasteiger partial charge is 0.108 e. The molecule has 4 heteroatoms. The molecule has 1 rings (SSSR count). The lowest BCUT2D eigenvalue weighted by Gasteiger charge is -2.11. The first kappa shape index (κ1) is 11.0. The lowest BCUT2D eigenvalue weighted by Crippen LogP contribution is -2.27. The minimum atomic E-state index is -0.246. The van der Waals surface area contributed by atoms with Gasteiger partial charge in [0.2, 0.25) is 0 Å². The number of hydrogen-bond acceptors (Lipinski definition) is 2. The van der Waals surface area contributed by atoms with E-state index in [4.69, 9.17) is 12.3 Å². The number of benzene rings is 1. The maximum atomic E-state index is 5.32. The first-order valence-corrected chi connectivity index (χ1v) is 5.43. The molecule has 13 heavy (non-hydrogen) atoms. The van der Waals surface area contributed by atoms with Crippen LogP contribution in [-0.4, -0.2) is 0 Å². The van der Waals surface area contributed by atoms with Gasteiger partial charge in [-0.05, 0) is 46.4 Å². The minimum Gasteiger partial charge on any atom is -0.270 e. The summed E-state index contributed by atoms with van der Waals surface area (Å²) in [6.07, 6.45) is 5.32. The summed E-state index contributed by atoms with van der Waals surface area (Å²) < 4.78 is 2.10. The van der Waals surface area contributed by atoms with Crippen LogP contribution in [0.1, 0.15) is 11.6 Å². The second-order valence-electron chi connectivity index (χ2n) is 2.43. The van der Waals surface area contributed by atoms with Crippen LogP contribution in [-0.2, 0) is 0 Å². The molecule has 0 spiro atoms. The highest BCUT2D eigenvalue weighted by Crippen LogP contribution is 2.24. The highest BCUT2D eigenvalue weighted by molar-refractivity contribution is 14.1. The Kier molecular flexibility index (Phi) is 4.19. The standard InChI is InChI=1S/C9H8BrIN2/c1-2-9(13-12)7-5-6(11)3-4-8(7)10/h1,3-5,9,13H,12H2. The zero-order valence-electron chi connectivity index (χ0n) is 6.72. The lowest BCUT2D eigenvalue weighted by atomic mass is 10.1. The fraction of sp³-hybridized carbons (Fsp3) is 0.111. The van der Waals surface area contributed by atoms with Gasteiger partial charge in [0.25, 0.3) is 0 Å². The van der Waals surface area contributed by atoms with Gasteiger partial charge in [-0.15, -0.1) is 6.42 Å². The summed E-state index contributed by atoms with van der Waals surface area (Å²) in [6.45, 7) is 0. The molecule has 0 aliphatic carbocycles. The van der Waals surface area contributed by atoms with Crippen LogP contribution in [0.25, 0.3) is 0 Å². The predicted octanol–water partition coefficient (Wildman–Crippen LogP) is 2.19. The molecule has 0 aliphatic rings. The summed E-state index contributed by atoms with van der Waals surface area (Å²) in [5.74, 6) is 7.89. The number of rotatable bonds is 2. The maximum Gasteiger partial charge on any atom is 0.108 e. The van der Waals surface area contributed by atoms with Crippen LogP contribution in [0.4, 0.5) is 0 Å². The summed E-state index contributed by atoms with van der Waals surface area (Å²) in [4.78, 5) is 0. The second-order valence-corrected chi connectivity index (χ2v) is 4.53. The first-order chi connectivity index (χ1) is 6.19. The molecule has 0 bridgehead atoms. The van der Waals surface area contributed by atoms with Gasteiger partial charge in [-0.25, -0.2) is 5.43 Å². The van der Waals surface area contributed by atoms with Gasteiger partial charge in [0, 0.05) is 8.04 Å². The Labute approximate surface area is 99.5 Å². The highest BCUT2D eigenvalue weighted by atomic mass is 127. The summed E-state index contributed by atoms with van der Waals surface area (Å²) in [5.41, 5.74) is 3.55. The van der Waals surface area contributed by atoms with E-state index in [9.17, 15) is 0 Å². The molecule has 0 radical (unpaired) electrons. The molecule has 3 N–H and O–H groups in total. The van der Waals surface area contributed by atoms with Gasteiger partial charge in [-0.2, -0.15) is 0 Å². The molecule has 1 aromatic rings. The van der Waals surface area contributed by atoms with Gasteiger partial charge in [0.05, 0.1) is 0 Å². The molecule has 1 atom stereocenters. The van der Waals surface area contributed by atoms with Crippen molar-refractivity contribution in [2.75, 3.05) is 0 Å². The van der Waals surface area contributed by atoms with Crippen LogP contribution in [0, 0.1) is 15.9 Å². The second kappa shape index (κ2) is 4.96. The van der Waals surface area contributed by atoms with Crippen molar-refractivity contribution in [3.63, 3.8) is 0 Å². The fourth-order valence-corrected chi connectivity index (χ4v) is 1.95. The average molecular weight is 351 g/mol. The minimum absolute atomic E-state index is 0.246. The molecule has 0 aliphatic heterocycles. The Morgan fingerprint density at radius 1 is 1.62 bits per heavy atom.